The molecule has 7 nitrogen and oxygen atoms in total. The van der Waals surface area contributed by atoms with Gasteiger partial charge < -0.3 is 20.5 Å². The monoisotopic (exact) mass is 489 g/mol. The molecule has 188 valence electrons. The van der Waals surface area contributed by atoms with E-state index in [4.69, 9.17) is 4.74 Å². The summed E-state index contributed by atoms with van der Waals surface area (Å²) in [5, 5.41) is 18.3. The molecule has 0 aliphatic heterocycles. The summed E-state index contributed by atoms with van der Waals surface area (Å²) < 4.78 is 6.10. The summed E-state index contributed by atoms with van der Waals surface area (Å²) in [5.74, 6) is -1.29. The molecule has 1 aromatic heterocycles. The van der Waals surface area contributed by atoms with Gasteiger partial charge in [-0.2, -0.15) is 0 Å². The van der Waals surface area contributed by atoms with E-state index in [1.807, 2.05) is 37.4 Å². The molecule has 0 radical (unpaired) electrons. The van der Waals surface area contributed by atoms with Gasteiger partial charge in [0.2, 0.25) is 0 Å². The molecule has 0 fully saturated rings. The van der Waals surface area contributed by atoms with E-state index in [-0.39, 0.29) is 24.1 Å². The smallest absolute Gasteiger partial charge is 0.306 e. The summed E-state index contributed by atoms with van der Waals surface area (Å²) in [4.78, 5) is 29.1. The quantitative estimate of drug-likeness (QED) is 0.335. The summed E-state index contributed by atoms with van der Waals surface area (Å²) in [5.41, 5.74) is 1.39. The molecular formula is C26H39N3O4S. The first-order chi connectivity index (χ1) is 16.2. The SMILES string of the molecule is CCCO[C@H](C[C@@H](NC)C(C)C)c1nc(C(=O)NC(Cc2ccccc2)CC(C)C(=O)O)cs1. The number of hydrogen-bond acceptors (Lipinski definition) is 6. The fourth-order valence-electron chi connectivity index (χ4n) is 3.87. The van der Waals surface area contributed by atoms with Crippen molar-refractivity contribution in [3.05, 3.63) is 52.0 Å². The molecule has 0 aliphatic carbocycles. The minimum absolute atomic E-state index is 0.182. The van der Waals surface area contributed by atoms with Crippen LogP contribution in [0.3, 0.4) is 0 Å². The molecule has 0 spiro atoms. The molecule has 0 saturated carbocycles. The topological polar surface area (TPSA) is 101 Å². The third-order valence-corrected chi connectivity index (χ3v) is 6.85. The maximum absolute atomic E-state index is 13.1. The van der Waals surface area contributed by atoms with E-state index in [1.54, 1.807) is 12.3 Å². The maximum atomic E-state index is 13.1. The van der Waals surface area contributed by atoms with Gasteiger partial charge in [0.25, 0.3) is 5.91 Å². The Morgan fingerprint density at radius 2 is 1.85 bits per heavy atom. The predicted molar refractivity (Wildman–Crippen MR) is 136 cm³/mol. The summed E-state index contributed by atoms with van der Waals surface area (Å²) in [7, 11) is 1.95. The maximum Gasteiger partial charge on any atom is 0.306 e. The van der Waals surface area contributed by atoms with E-state index in [9.17, 15) is 14.7 Å². The van der Waals surface area contributed by atoms with Crippen LogP contribution in [0.15, 0.2) is 35.7 Å². The summed E-state index contributed by atoms with van der Waals surface area (Å²) in [6.07, 6.45) is 2.40. The van der Waals surface area contributed by atoms with Gasteiger partial charge in [-0.1, -0.05) is 58.0 Å². The number of carbonyl (C=O) groups excluding carboxylic acids is 1. The van der Waals surface area contributed by atoms with Crippen molar-refractivity contribution < 1.29 is 19.4 Å². The second-order valence-corrected chi connectivity index (χ2v) is 10.0. The molecular weight excluding hydrogens is 450 g/mol. The lowest BCUT2D eigenvalue weighted by Crippen LogP contribution is -2.38. The largest absolute Gasteiger partial charge is 0.481 e. The molecule has 8 heteroatoms. The zero-order chi connectivity index (χ0) is 25.1. The number of nitrogens with one attached hydrogen (secondary N) is 2. The molecule has 0 saturated heterocycles. The number of ether oxygens (including phenoxy) is 1. The van der Waals surface area contributed by atoms with Crippen LogP contribution in [0.1, 0.15) is 74.1 Å². The van der Waals surface area contributed by atoms with Crippen molar-refractivity contribution in [3.63, 3.8) is 0 Å². The van der Waals surface area contributed by atoms with Crippen LogP contribution in [0.5, 0.6) is 0 Å². The number of aromatic nitrogens is 1. The zero-order valence-electron chi connectivity index (χ0n) is 20.9. The molecule has 34 heavy (non-hydrogen) atoms. The van der Waals surface area contributed by atoms with Crippen molar-refractivity contribution >= 4 is 23.2 Å². The first-order valence-corrected chi connectivity index (χ1v) is 12.9. The van der Waals surface area contributed by atoms with E-state index in [0.717, 1.165) is 23.4 Å². The molecule has 3 N–H and O–H groups in total. The first-order valence-electron chi connectivity index (χ1n) is 12.1. The fourth-order valence-corrected chi connectivity index (χ4v) is 4.73. The Morgan fingerprint density at radius 3 is 2.44 bits per heavy atom. The number of carboxylic acids is 1. The highest BCUT2D eigenvalue weighted by Gasteiger charge is 2.25. The number of nitrogens with zero attached hydrogens (tertiary/aromatic N) is 1. The van der Waals surface area contributed by atoms with E-state index in [0.29, 0.717) is 31.1 Å². The summed E-state index contributed by atoms with van der Waals surface area (Å²) in [6, 6.07) is 9.73. The minimum atomic E-state index is -0.872. The number of amides is 1. The van der Waals surface area contributed by atoms with E-state index >= 15 is 0 Å². The number of benzene rings is 1. The number of aliphatic carboxylic acids is 1. The Kier molecular flexibility index (Phi) is 11.7. The van der Waals surface area contributed by atoms with Crippen molar-refractivity contribution in [2.45, 2.75) is 71.6 Å². The fraction of sp³-hybridized carbons (Fsp3) is 0.577. The molecule has 2 aromatic rings. The Bertz CT molecular complexity index is 887. The molecule has 1 aromatic carbocycles. The van der Waals surface area contributed by atoms with Crippen LogP contribution in [0, 0.1) is 11.8 Å². The van der Waals surface area contributed by atoms with Crippen molar-refractivity contribution in [1.29, 1.82) is 0 Å². The van der Waals surface area contributed by atoms with Crippen molar-refractivity contribution in [2.75, 3.05) is 13.7 Å². The van der Waals surface area contributed by atoms with Crippen LogP contribution >= 0.6 is 11.3 Å². The van der Waals surface area contributed by atoms with Crippen molar-refractivity contribution in [2.24, 2.45) is 11.8 Å². The van der Waals surface area contributed by atoms with Gasteiger partial charge in [0, 0.05) is 24.1 Å². The highest BCUT2D eigenvalue weighted by atomic mass is 32.1. The van der Waals surface area contributed by atoms with E-state index in [1.165, 1.54) is 11.3 Å². The molecule has 1 amide bonds. The van der Waals surface area contributed by atoms with Crippen LogP contribution in [-0.4, -0.2) is 47.7 Å². The molecule has 0 aliphatic rings. The number of thiazole rings is 1. The van der Waals surface area contributed by atoms with Gasteiger partial charge in [-0.3, -0.25) is 9.59 Å². The van der Waals surface area contributed by atoms with Gasteiger partial charge in [-0.15, -0.1) is 11.3 Å². The number of carbonyl (C=O) groups is 2. The lowest BCUT2D eigenvalue weighted by atomic mass is 9.96. The highest BCUT2D eigenvalue weighted by Crippen LogP contribution is 2.28. The minimum Gasteiger partial charge on any atom is -0.481 e. The number of hydrogen-bond donors (Lipinski definition) is 3. The zero-order valence-corrected chi connectivity index (χ0v) is 21.7. The lowest BCUT2D eigenvalue weighted by Gasteiger charge is -2.25. The van der Waals surface area contributed by atoms with Gasteiger partial charge in [-0.25, -0.2) is 4.98 Å². The van der Waals surface area contributed by atoms with E-state index in [2.05, 4.69) is 36.4 Å². The Labute approximate surface area is 207 Å². The average Bonchev–Trinajstić information content (AvgIpc) is 3.30. The molecule has 0 bridgehead atoms. The normalized spacial score (nSPS) is 15.0. The molecule has 1 heterocycles. The second-order valence-electron chi connectivity index (χ2n) is 9.14. The highest BCUT2D eigenvalue weighted by molar-refractivity contribution is 7.09. The van der Waals surface area contributed by atoms with Gasteiger partial charge in [0.1, 0.15) is 16.8 Å². The molecule has 4 atom stereocenters. The lowest BCUT2D eigenvalue weighted by molar-refractivity contribution is -0.141. The van der Waals surface area contributed by atoms with Gasteiger partial charge in [-0.05, 0) is 44.2 Å². The van der Waals surface area contributed by atoms with Gasteiger partial charge in [0.05, 0.1) is 5.92 Å². The van der Waals surface area contributed by atoms with Crippen LogP contribution in [0.2, 0.25) is 0 Å². The van der Waals surface area contributed by atoms with Gasteiger partial charge >= 0.3 is 5.97 Å². The molecule has 2 unspecified atom stereocenters. The van der Waals surface area contributed by atoms with Gasteiger partial charge in [0.15, 0.2) is 0 Å². The Morgan fingerprint density at radius 1 is 1.15 bits per heavy atom. The Hall–Kier alpha value is -2.29. The van der Waals surface area contributed by atoms with Crippen LogP contribution in [0.25, 0.3) is 0 Å². The third-order valence-electron chi connectivity index (χ3n) is 5.92. The second kappa shape index (κ2) is 14.2. The van der Waals surface area contributed by atoms with Crippen LogP contribution < -0.4 is 10.6 Å². The van der Waals surface area contributed by atoms with Crippen molar-refractivity contribution in [1.82, 2.24) is 15.6 Å². The number of rotatable bonds is 15. The average molecular weight is 490 g/mol. The van der Waals surface area contributed by atoms with Crippen LogP contribution in [-0.2, 0) is 16.0 Å². The molecule has 2 rings (SSSR count). The third kappa shape index (κ3) is 8.81. The summed E-state index contributed by atoms with van der Waals surface area (Å²) in [6.45, 7) is 8.71. The first kappa shape index (κ1) is 28.0. The summed E-state index contributed by atoms with van der Waals surface area (Å²) >= 11 is 1.43. The Balaban J connectivity index is 2.15. The van der Waals surface area contributed by atoms with E-state index < -0.39 is 11.9 Å². The standard InChI is InChI=1S/C26H39N3O4S/c1-6-12-33-23(15-21(27-5)17(2)3)25-29-22(16-34-25)24(30)28-20(13-18(4)26(31)32)14-19-10-8-7-9-11-19/h7-11,16-18,20-21,23,27H,6,12-15H2,1-5H3,(H,28,30)(H,31,32)/t18?,20?,21-,23-/m1/s1. The number of carboxylic acid groups (broad SMARTS) is 1. The van der Waals surface area contributed by atoms with Crippen molar-refractivity contribution in [3.8, 4) is 0 Å². The van der Waals surface area contributed by atoms with Crippen LogP contribution in [0.4, 0.5) is 0 Å². The predicted octanol–water partition coefficient (Wildman–Crippen LogP) is 4.70.